The molecule has 0 spiro atoms. The van der Waals surface area contributed by atoms with Crippen LogP contribution in [0.5, 0.6) is 0 Å². The second-order valence-corrected chi connectivity index (χ2v) is 12.3. The van der Waals surface area contributed by atoms with Gasteiger partial charge in [-0.3, -0.25) is 9.52 Å². The van der Waals surface area contributed by atoms with Crippen molar-refractivity contribution in [2.24, 2.45) is 0 Å². The van der Waals surface area contributed by atoms with Crippen LogP contribution in [0.2, 0.25) is 5.02 Å². The third-order valence-corrected chi connectivity index (χ3v) is 9.15. The normalized spacial score (nSPS) is 16.0. The van der Waals surface area contributed by atoms with Gasteiger partial charge in [0, 0.05) is 30.9 Å². The molecule has 222 valence electrons. The molecule has 0 radical (unpaired) electrons. The maximum absolute atomic E-state index is 13.2. The van der Waals surface area contributed by atoms with Crippen molar-refractivity contribution in [3.63, 3.8) is 0 Å². The molecular weight excluding hydrogens is 595 g/mol. The number of sulfonamides is 1. The van der Waals surface area contributed by atoms with Crippen molar-refractivity contribution in [1.82, 2.24) is 24.4 Å². The number of halogens is 4. The molecule has 1 aliphatic rings. The van der Waals surface area contributed by atoms with Crippen LogP contribution in [0, 0.1) is 6.92 Å². The number of anilines is 2. The number of rotatable bonds is 6. The molecule has 5 rings (SSSR count). The molecule has 0 saturated carbocycles. The fraction of sp³-hybridized carbons (Fsp3) is 0.296. The number of aromatic nitrogens is 3. The highest BCUT2D eigenvalue weighted by Gasteiger charge is 2.33. The average Bonchev–Trinajstić information content (AvgIpc) is 3.58. The lowest BCUT2D eigenvalue weighted by molar-refractivity contribution is -0.137. The van der Waals surface area contributed by atoms with Gasteiger partial charge in [-0.15, -0.1) is 0 Å². The molecular formula is C27H27ClF3N7O3S. The van der Waals surface area contributed by atoms with Gasteiger partial charge in [0.2, 0.25) is 0 Å². The number of nitrogens with zero attached hydrogens (tertiary/aromatic N) is 5. The van der Waals surface area contributed by atoms with E-state index in [1.54, 1.807) is 24.0 Å². The summed E-state index contributed by atoms with van der Waals surface area (Å²) in [6.07, 6.45) is -0.920. The van der Waals surface area contributed by atoms with E-state index >= 15 is 0 Å². The van der Waals surface area contributed by atoms with Crippen molar-refractivity contribution in [3.05, 3.63) is 70.5 Å². The van der Waals surface area contributed by atoms with Crippen LogP contribution in [0.25, 0.3) is 16.8 Å². The molecule has 1 unspecified atom stereocenters. The SMILES string of the molecule is Cc1cc(-c2cnc3c(C(=O)N4CCC(N(C)C)C4)cnn3c2N)ccc1NS(=O)(=O)c1cc(C(F)(F)F)ccc1Cl. The zero-order valence-corrected chi connectivity index (χ0v) is 24.3. The third kappa shape index (κ3) is 5.49. The number of hydrogen-bond acceptors (Lipinski definition) is 7. The second-order valence-electron chi connectivity index (χ2n) is 10.3. The Balaban J connectivity index is 1.41. The maximum Gasteiger partial charge on any atom is 0.416 e. The molecule has 2 aromatic heterocycles. The molecule has 2 aromatic carbocycles. The van der Waals surface area contributed by atoms with E-state index < -0.39 is 26.7 Å². The van der Waals surface area contributed by atoms with Crippen LogP contribution in [0.3, 0.4) is 0 Å². The average molecular weight is 622 g/mol. The summed E-state index contributed by atoms with van der Waals surface area (Å²) in [6, 6.07) is 7.05. The van der Waals surface area contributed by atoms with Crippen LogP contribution >= 0.6 is 11.6 Å². The van der Waals surface area contributed by atoms with E-state index in [2.05, 4.69) is 19.7 Å². The van der Waals surface area contributed by atoms with E-state index in [-0.39, 0.29) is 28.5 Å². The lowest BCUT2D eigenvalue weighted by atomic mass is 10.0. The minimum Gasteiger partial charge on any atom is -0.383 e. The Hall–Kier alpha value is -3.88. The number of fused-ring (bicyclic) bond motifs is 1. The van der Waals surface area contributed by atoms with Crippen molar-refractivity contribution in [2.75, 3.05) is 37.6 Å². The van der Waals surface area contributed by atoms with Crippen LogP contribution < -0.4 is 10.5 Å². The quantitative estimate of drug-likeness (QED) is 0.324. The third-order valence-electron chi connectivity index (χ3n) is 7.30. The zero-order chi connectivity index (χ0) is 30.6. The maximum atomic E-state index is 13.2. The summed E-state index contributed by atoms with van der Waals surface area (Å²) < 4.78 is 69.1. The first-order chi connectivity index (χ1) is 19.7. The molecule has 3 N–H and O–H groups in total. The molecule has 1 atom stereocenters. The first kappa shape index (κ1) is 29.6. The predicted octanol–water partition coefficient (Wildman–Crippen LogP) is 4.54. The summed E-state index contributed by atoms with van der Waals surface area (Å²) in [7, 11) is -0.498. The molecule has 0 bridgehead atoms. The molecule has 42 heavy (non-hydrogen) atoms. The number of nitrogens with two attached hydrogens (primary N) is 1. The second kappa shape index (κ2) is 10.7. The number of aryl methyl sites for hydroxylation is 1. The van der Waals surface area contributed by atoms with Gasteiger partial charge in [0.25, 0.3) is 15.9 Å². The van der Waals surface area contributed by atoms with Crippen LogP contribution in [0.4, 0.5) is 24.7 Å². The number of nitrogen functional groups attached to an aromatic ring is 1. The number of carbonyl (C=O) groups is 1. The van der Waals surface area contributed by atoms with Crippen LogP contribution in [0.1, 0.15) is 27.9 Å². The minimum absolute atomic E-state index is 0.133. The van der Waals surface area contributed by atoms with Gasteiger partial charge in [0.1, 0.15) is 16.3 Å². The molecule has 0 aliphatic carbocycles. The van der Waals surface area contributed by atoms with Crippen LogP contribution in [0.15, 0.2) is 53.7 Å². The summed E-state index contributed by atoms with van der Waals surface area (Å²) in [6.45, 7) is 2.85. The van der Waals surface area contributed by atoms with Crippen LogP contribution in [-0.4, -0.2) is 71.9 Å². The van der Waals surface area contributed by atoms with E-state index in [4.69, 9.17) is 17.3 Å². The molecule has 4 aromatic rings. The molecule has 1 amide bonds. The molecule has 1 saturated heterocycles. The first-order valence-electron chi connectivity index (χ1n) is 12.8. The van der Waals surface area contributed by atoms with E-state index in [1.807, 2.05) is 14.1 Å². The number of likely N-dealkylation sites (N-methyl/N-ethyl adjacent to an activating group) is 1. The molecule has 15 heteroatoms. The number of hydrogen-bond donors (Lipinski definition) is 2. The highest BCUT2D eigenvalue weighted by atomic mass is 35.5. The standard InChI is InChI=1S/C27H27ClF3N7O3S/c1-15-10-16(4-7-22(15)35-42(40,41)23-11-17(27(29,30)31)5-6-21(23)28)19-12-33-25-20(13-34-38(25)24(19)32)26(39)37-9-8-18(14-37)36(2)3/h4-7,10-13,18,35H,8-9,14,32H2,1-3H3. The fourth-order valence-electron chi connectivity index (χ4n) is 4.87. The summed E-state index contributed by atoms with van der Waals surface area (Å²) in [4.78, 5) is 20.8. The Labute approximate surface area is 244 Å². The van der Waals surface area contributed by atoms with Crippen molar-refractivity contribution in [2.45, 2.75) is 30.5 Å². The van der Waals surface area contributed by atoms with Crippen molar-refractivity contribution < 1.29 is 26.4 Å². The van der Waals surface area contributed by atoms with Gasteiger partial charge in [-0.2, -0.15) is 22.8 Å². The zero-order valence-electron chi connectivity index (χ0n) is 22.8. The number of benzene rings is 2. The van der Waals surface area contributed by atoms with Gasteiger partial charge in [-0.1, -0.05) is 17.7 Å². The fourth-order valence-corrected chi connectivity index (χ4v) is 6.53. The Morgan fingerprint density at radius 3 is 2.55 bits per heavy atom. The summed E-state index contributed by atoms with van der Waals surface area (Å²) in [5, 5.41) is 3.94. The predicted molar refractivity (Wildman–Crippen MR) is 153 cm³/mol. The van der Waals surface area contributed by atoms with Gasteiger partial charge in [0.15, 0.2) is 5.65 Å². The van der Waals surface area contributed by atoms with Gasteiger partial charge in [-0.25, -0.2) is 13.4 Å². The van der Waals surface area contributed by atoms with E-state index in [0.29, 0.717) is 53.1 Å². The Bertz CT molecular complexity index is 1810. The van der Waals surface area contributed by atoms with E-state index in [0.717, 1.165) is 12.5 Å². The lowest BCUT2D eigenvalue weighted by Gasteiger charge is -2.20. The Morgan fingerprint density at radius 1 is 1.17 bits per heavy atom. The lowest BCUT2D eigenvalue weighted by Crippen LogP contribution is -2.34. The summed E-state index contributed by atoms with van der Waals surface area (Å²) in [5.74, 6) is 0.0393. The van der Waals surface area contributed by atoms with Gasteiger partial charge in [-0.05, 0) is 68.9 Å². The van der Waals surface area contributed by atoms with Crippen LogP contribution in [-0.2, 0) is 16.2 Å². The number of amides is 1. The highest BCUT2D eigenvalue weighted by molar-refractivity contribution is 7.92. The summed E-state index contributed by atoms with van der Waals surface area (Å²) >= 11 is 5.94. The molecule has 10 nitrogen and oxygen atoms in total. The number of likely N-dealkylation sites (tertiary alicyclic amines) is 1. The van der Waals surface area contributed by atoms with E-state index in [9.17, 15) is 26.4 Å². The van der Waals surface area contributed by atoms with Gasteiger partial charge in [0.05, 0.1) is 22.5 Å². The smallest absolute Gasteiger partial charge is 0.383 e. The Morgan fingerprint density at radius 2 is 1.90 bits per heavy atom. The summed E-state index contributed by atoms with van der Waals surface area (Å²) in [5.41, 5.74) is 7.59. The topological polar surface area (TPSA) is 126 Å². The van der Waals surface area contributed by atoms with Crippen molar-refractivity contribution >= 4 is 44.7 Å². The molecule has 1 fully saturated rings. The monoisotopic (exact) mass is 621 g/mol. The van der Waals surface area contributed by atoms with E-state index in [1.165, 1.54) is 23.0 Å². The number of carbonyl (C=O) groups excluding carboxylic acids is 1. The van der Waals surface area contributed by atoms with Gasteiger partial charge >= 0.3 is 6.18 Å². The van der Waals surface area contributed by atoms with Crippen molar-refractivity contribution in [1.29, 1.82) is 0 Å². The number of nitrogens with one attached hydrogen (secondary N) is 1. The molecule has 3 heterocycles. The largest absolute Gasteiger partial charge is 0.416 e. The minimum atomic E-state index is -4.74. The Kier molecular flexibility index (Phi) is 7.58. The van der Waals surface area contributed by atoms with Crippen molar-refractivity contribution in [3.8, 4) is 11.1 Å². The van der Waals surface area contributed by atoms with Gasteiger partial charge < -0.3 is 15.5 Å². The number of alkyl halides is 3. The first-order valence-corrected chi connectivity index (χ1v) is 14.6. The molecule has 1 aliphatic heterocycles. The highest BCUT2D eigenvalue weighted by Crippen LogP contribution is 2.35.